The maximum atomic E-state index is 12.6. The smallest absolute Gasteiger partial charge is 0.407 e. The highest BCUT2D eigenvalue weighted by molar-refractivity contribution is 5.74. The van der Waals surface area contributed by atoms with Crippen LogP contribution in [-0.2, 0) is 13.0 Å². The molecule has 0 fully saturated rings. The van der Waals surface area contributed by atoms with Crippen LogP contribution in [0.15, 0.2) is 35.3 Å². The van der Waals surface area contributed by atoms with Gasteiger partial charge in [-0.15, -0.1) is 0 Å². The second-order valence-corrected chi connectivity index (χ2v) is 5.38. The number of amides is 1. The van der Waals surface area contributed by atoms with Gasteiger partial charge in [-0.3, -0.25) is 14.9 Å². The van der Waals surface area contributed by atoms with E-state index in [1.54, 1.807) is 0 Å². The van der Waals surface area contributed by atoms with Crippen LogP contribution in [0.1, 0.15) is 11.3 Å². The molecule has 0 atom stereocenters. The maximum Gasteiger partial charge on any atom is 0.407 e. The van der Waals surface area contributed by atoms with Crippen LogP contribution >= 0.6 is 0 Å². The number of carbonyl (C=O) groups is 1. The third-order valence-electron chi connectivity index (χ3n) is 3.99. The Morgan fingerprint density at radius 1 is 1.26 bits per heavy atom. The lowest BCUT2D eigenvalue weighted by molar-refractivity contribution is 0.139. The second kappa shape index (κ2) is 4.94. The van der Waals surface area contributed by atoms with Crippen LogP contribution in [0.5, 0.6) is 0 Å². The standard InChI is InChI=1S/C15H13N5O3/c21-14-9-8-19(15(22)23)6-5-10(9)18-20(14)13-7-16-11-3-1-2-4-12(11)17-13/h1-4,7,18H,5-6,8H2,(H,22,23). The molecule has 1 amide bonds. The Bertz CT molecular complexity index is 975. The minimum atomic E-state index is -1.02. The van der Waals surface area contributed by atoms with E-state index in [0.717, 1.165) is 11.2 Å². The van der Waals surface area contributed by atoms with Gasteiger partial charge in [-0.05, 0) is 12.1 Å². The number of hydrogen-bond donors (Lipinski definition) is 2. The van der Waals surface area contributed by atoms with E-state index >= 15 is 0 Å². The molecule has 1 aliphatic rings. The van der Waals surface area contributed by atoms with Gasteiger partial charge < -0.3 is 10.0 Å². The second-order valence-electron chi connectivity index (χ2n) is 5.38. The summed E-state index contributed by atoms with van der Waals surface area (Å²) in [6.07, 6.45) is 0.985. The molecule has 0 spiro atoms. The van der Waals surface area contributed by atoms with Crippen LogP contribution in [0, 0.1) is 0 Å². The third kappa shape index (κ3) is 2.15. The zero-order valence-electron chi connectivity index (χ0n) is 12.1. The highest BCUT2D eigenvalue weighted by Gasteiger charge is 2.26. The molecule has 0 radical (unpaired) electrons. The number of H-pyrrole nitrogens is 1. The molecular weight excluding hydrogens is 298 g/mol. The predicted octanol–water partition coefficient (Wildman–Crippen LogP) is 1.14. The average Bonchev–Trinajstić information content (AvgIpc) is 2.91. The molecule has 0 saturated heterocycles. The number of fused-ring (bicyclic) bond motifs is 2. The summed E-state index contributed by atoms with van der Waals surface area (Å²) in [5, 5.41) is 12.1. The molecule has 0 unspecified atom stereocenters. The molecular formula is C15H13N5O3. The van der Waals surface area contributed by atoms with Gasteiger partial charge in [0.05, 0.1) is 29.3 Å². The van der Waals surface area contributed by atoms with Crippen molar-refractivity contribution in [1.82, 2.24) is 24.6 Å². The zero-order chi connectivity index (χ0) is 16.0. The fraction of sp³-hybridized carbons (Fsp3) is 0.200. The number of rotatable bonds is 1. The lowest BCUT2D eigenvalue weighted by atomic mass is 10.1. The Balaban J connectivity index is 1.80. The number of para-hydroxylation sites is 2. The minimum Gasteiger partial charge on any atom is -0.465 e. The van der Waals surface area contributed by atoms with Crippen molar-refractivity contribution in [2.24, 2.45) is 0 Å². The van der Waals surface area contributed by atoms with Gasteiger partial charge >= 0.3 is 6.09 Å². The molecule has 4 rings (SSSR count). The van der Waals surface area contributed by atoms with Crippen LogP contribution in [0.3, 0.4) is 0 Å². The lowest BCUT2D eigenvalue weighted by Crippen LogP contribution is -2.36. The van der Waals surface area contributed by atoms with Crippen molar-refractivity contribution in [2.75, 3.05) is 6.54 Å². The van der Waals surface area contributed by atoms with E-state index in [0.29, 0.717) is 29.9 Å². The van der Waals surface area contributed by atoms with E-state index < -0.39 is 6.09 Å². The number of benzene rings is 1. The fourth-order valence-corrected chi connectivity index (χ4v) is 2.78. The van der Waals surface area contributed by atoms with Crippen LogP contribution < -0.4 is 5.56 Å². The number of aromatic nitrogens is 4. The number of nitrogens with one attached hydrogen (secondary N) is 1. The molecule has 0 bridgehead atoms. The Morgan fingerprint density at radius 3 is 2.83 bits per heavy atom. The first kappa shape index (κ1) is 13.5. The summed E-state index contributed by atoms with van der Waals surface area (Å²) in [5.41, 5.74) is 2.38. The van der Waals surface area contributed by atoms with Crippen LogP contribution in [0.4, 0.5) is 4.79 Å². The average molecular weight is 311 g/mol. The van der Waals surface area contributed by atoms with E-state index in [1.807, 2.05) is 24.3 Å². The van der Waals surface area contributed by atoms with Gasteiger partial charge in [-0.25, -0.2) is 9.78 Å². The highest BCUT2D eigenvalue weighted by Crippen LogP contribution is 2.16. The molecule has 2 aromatic heterocycles. The normalized spacial score (nSPS) is 14.0. The van der Waals surface area contributed by atoms with Crippen molar-refractivity contribution in [3.8, 4) is 5.82 Å². The number of aromatic amines is 1. The van der Waals surface area contributed by atoms with Gasteiger partial charge in [-0.1, -0.05) is 12.1 Å². The van der Waals surface area contributed by atoms with E-state index in [4.69, 9.17) is 5.11 Å². The Labute approximate surface area is 130 Å². The minimum absolute atomic E-state index is 0.0913. The van der Waals surface area contributed by atoms with Crippen molar-refractivity contribution < 1.29 is 9.90 Å². The van der Waals surface area contributed by atoms with Gasteiger partial charge in [0.25, 0.3) is 5.56 Å². The number of hydrogen-bond acceptors (Lipinski definition) is 4. The summed E-state index contributed by atoms with van der Waals surface area (Å²) >= 11 is 0. The molecule has 1 aliphatic heterocycles. The largest absolute Gasteiger partial charge is 0.465 e. The summed E-state index contributed by atoms with van der Waals surface area (Å²) < 4.78 is 1.33. The Morgan fingerprint density at radius 2 is 2.04 bits per heavy atom. The van der Waals surface area contributed by atoms with Crippen molar-refractivity contribution in [3.05, 3.63) is 52.1 Å². The number of carboxylic acid groups (broad SMARTS) is 1. The van der Waals surface area contributed by atoms with Crippen molar-refractivity contribution in [1.29, 1.82) is 0 Å². The van der Waals surface area contributed by atoms with E-state index in [1.165, 1.54) is 15.8 Å². The SMILES string of the molecule is O=C(O)N1CCc2[nH]n(-c3cnc4ccccc4n3)c(=O)c2C1. The maximum absolute atomic E-state index is 12.6. The molecule has 23 heavy (non-hydrogen) atoms. The van der Waals surface area contributed by atoms with Crippen LogP contribution in [0.2, 0.25) is 0 Å². The molecule has 0 saturated carbocycles. The van der Waals surface area contributed by atoms with E-state index in [2.05, 4.69) is 15.1 Å². The fourth-order valence-electron chi connectivity index (χ4n) is 2.78. The summed E-state index contributed by atoms with van der Waals surface area (Å²) in [4.78, 5) is 33.6. The monoisotopic (exact) mass is 311 g/mol. The highest BCUT2D eigenvalue weighted by atomic mass is 16.4. The van der Waals surface area contributed by atoms with Gasteiger partial charge in [-0.2, -0.15) is 4.68 Å². The first-order chi connectivity index (χ1) is 11.1. The molecule has 3 aromatic rings. The predicted molar refractivity (Wildman–Crippen MR) is 81.6 cm³/mol. The summed E-state index contributed by atoms with van der Waals surface area (Å²) in [6, 6.07) is 7.40. The molecule has 2 N–H and O–H groups in total. The Kier molecular flexibility index (Phi) is 2.90. The lowest BCUT2D eigenvalue weighted by Gasteiger charge is -2.22. The van der Waals surface area contributed by atoms with Crippen molar-refractivity contribution in [3.63, 3.8) is 0 Å². The topological polar surface area (TPSA) is 104 Å². The molecule has 8 nitrogen and oxygen atoms in total. The first-order valence-corrected chi connectivity index (χ1v) is 7.16. The van der Waals surface area contributed by atoms with Gasteiger partial charge in [0.1, 0.15) is 0 Å². The van der Waals surface area contributed by atoms with E-state index in [-0.39, 0.29) is 12.1 Å². The zero-order valence-corrected chi connectivity index (χ0v) is 12.1. The van der Waals surface area contributed by atoms with E-state index in [9.17, 15) is 9.59 Å². The van der Waals surface area contributed by atoms with Gasteiger partial charge in [0, 0.05) is 18.7 Å². The van der Waals surface area contributed by atoms with Gasteiger partial charge in [0.2, 0.25) is 0 Å². The van der Waals surface area contributed by atoms with Crippen molar-refractivity contribution >= 4 is 17.1 Å². The molecule has 116 valence electrons. The molecule has 3 heterocycles. The Hall–Kier alpha value is -3.16. The van der Waals surface area contributed by atoms with Gasteiger partial charge in [0.15, 0.2) is 5.82 Å². The summed E-state index contributed by atoms with van der Waals surface area (Å²) in [7, 11) is 0. The first-order valence-electron chi connectivity index (χ1n) is 7.16. The summed E-state index contributed by atoms with van der Waals surface area (Å²) in [5.74, 6) is 0.393. The third-order valence-corrected chi connectivity index (χ3v) is 3.99. The van der Waals surface area contributed by atoms with Crippen molar-refractivity contribution in [2.45, 2.75) is 13.0 Å². The summed E-state index contributed by atoms with van der Waals surface area (Å²) in [6.45, 7) is 0.458. The molecule has 8 heteroatoms. The van der Waals surface area contributed by atoms with Crippen LogP contribution in [0.25, 0.3) is 16.9 Å². The number of nitrogens with zero attached hydrogens (tertiary/aromatic N) is 4. The molecule has 1 aromatic carbocycles. The molecule has 0 aliphatic carbocycles. The van der Waals surface area contributed by atoms with Crippen LogP contribution in [-0.4, -0.2) is 42.4 Å². The quantitative estimate of drug-likeness (QED) is 0.701.